The molecule has 1 rings (SSSR count). The normalized spacial score (nSPS) is 13.9. The van der Waals surface area contributed by atoms with Crippen molar-refractivity contribution in [3.63, 3.8) is 0 Å². The van der Waals surface area contributed by atoms with Crippen LogP contribution in [0.2, 0.25) is 0 Å². The lowest BCUT2D eigenvalue weighted by molar-refractivity contribution is 0.147. The van der Waals surface area contributed by atoms with Gasteiger partial charge in [0.15, 0.2) is 0 Å². The van der Waals surface area contributed by atoms with Gasteiger partial charge < -0.3 is 5.11 Å². The second-order valence-electron chi connectivity index (χ2n) is 5.95. The Bertz CT molecular complexity index is 325. The highest BCUT2D eigenvalue weighted by atomic mass is 16.3. The van der Waals surface area contributed by atoms with Gasteiger partial charge in [-0.25, -0.2) is 0 Å². The average Bonchev–Trinajstić information content (AvgIpc) is 2.64. The molecule has 1 heterocycles. The summed E-state index contributed by atoms with van der Waals surface area (Å²) in [5.41, 5.74) is 1.31. The molecule has 1 unspecified atom stereocenters. The first kappa shape index (κ1) is 14.2. The van der Waals surface area contributed by atoms with E-state index in [1.54, 1.807) is 6.20 Å². The summed E-state index contributed by atoms with van der Waals surface area (Å²) in [6.45, 7) is 9.72. The molecular formula is C14H26N2O. The summed E-state index contributed by atoms with van der Waals surface area (Å²) in [6, 6.07) is 1.93. The van der Waals surface area contributed by atoms with Crippen LogP contribution in [0.4, 0.5) is 0 Å². The third-order valence-corrected chi connectivity index (χ3v) is 2.93. The molecule has 1 atom stereocenters. The first-order valence-corrected chi connectivity index (χ1v) is 6.64. The van der Waals surface area contributed by atoms with E-state index in [0.717, 1.165) is 37.9 Å². The molecule has 0 aliphatic carbocycles. The number of hydrogen-bond donors (Lipinski definition) is 1. The minimum Gasteiger partial charge on any atom is -0.387 e. The van der Waals surface area contributed by atoms with Crippen molar-refractivity contribution in [3.8, 4) is 0 Å². The molecule has 3 heteroatoms. The van der Waals surface area contributed by atoms with E-state index in [2.05, 4.69) is 32.8 Å². The predicted octanol–water partition coefficient (Wildman–Crippen LogP) is 3.54. The maximum absolute atomic E-state index is 10.2. The fourth-order valence-electron chi connectivity index (χ4n) is 2.00. The molecule has 3 nitrogen and oxygen atoms in total. The van der Waals surface area contributed by atoms with E-state index in [4.69, 9.17) is 0 Å². The van der Waals surface area contributed by atoms with Crippen molar-refractivity contribution in [2.45, 2.75) is 66.0 Å². The molecule has 0 aromatic carbocycles. The van der Waals surface area contributed by atoms with Crippen LogP contribution in [0.15, 0.2) is 12.3 Å². The van der Waals surface area contributed by atoms with Crippen LogP contribution < -0.4 is 0 Å². The molecule has 0 fully saturated rings. The molecule has 0 saturated carbocycles. The molecule has 1 aromatic rings. The average molecular weight is 238 g/mol. The van der Waals surface area contributed by atoms with Crippen LogP contribution >= 0.6 is 0 Å². The predicted molar refractivity (Wildman–Crippen MR) is 70.8 cm³/mol. The Kier molecular flexibility index (Phi) is 5.19. The van der Waals surface area contributed by atoms with Crippen molar-refractivity contribution in [3.05, 3.63) is 18.0 Å². The Morgan fingerprint density at radius 1 is 1.41 bits per heavy atom. The Morgan fingerprint density at radius 2 is 2.12 bits per heavy atom. The first-order valence-electron chi connectivity index (χ1n) is 6.64. The number of nitrogens with zero attached hydrogens (tertiary/aromatic N) is 2. The monoisotopic (exact) mass is 238 g/mol. The minimum atomic E-state index is -0.369. The SMILES string of the molecule is CCCn1nccc1C(O)CCCC(C)(C)C. The molecule has 0 radical (unpaired) electrons. The molecule has 0 bridgehead atoms. The van der Waals surface area contributed by atoms with Crippen molar-refractivity contribution in [1.29, 1.82) is 0 Å². The van der Waals surface area contributed by atoms with Gasteiger partial charge in [-0.3, -0.25) is 4.68 Å². The van der Waals surface area contributed by atoms with E-state index >= 15 is 0 Å². The topological polar surface area (TPSA) is 38.0 Å². The Labute approximate surface area is 105 Å². The maximum Gasteiger partial charge on any atom is 0.0956 e. The molecule has 98 valence electrons. The lowest BCUT2D eigenvalue weighted by atomic mass is 9.89. The lowest BCUT2D eigenvalue weighted by Crippen LogP contribution is -2.10. The molecule has 0 aliphatic heterocycles. The number of aliphatic hydroxyl groups excluding tert-OH is 1. The number of aryl methyl sites for hydroxylation is 1. The van der Waals surface area contributed by atoms with Crippen LogP contribution in [0, 0.1) is 5.41 Å². The van der Waals surface area contributed by atoms with E-state index in [-0.39, 0.29) is 6.10 Å². The van der Waals surface area contributed by atoms with Gasteiger partial charge in [0.05, 0.1) is 11.8 Å². The van der Waals surface area contributed by atoms with Crippen molar-refractivity contribution in [2.75, 3.05) is 0 Å². The first-order chi connectivity index (χ1) is 7.94. The van der Waals surface area contributed by atoms with E-state index in [1.807, 2.05) is 10.7 Å². The Morgan fingerprint density at radius 3 is 2.71 bits per heavy atom. The fourth-order valence-corrected chi connectivity index (χ4v) is 2.00. The second kappa shape index (κ2) is 6.20. The zero-order chi connectivity index (χ0) is 12.9. The number of hydrogen-bond acceptors (Lipinski definition) is 2. The summed E-state index contributed by atoms with van der Waals surface area (Å²) in [5.74, 6) is 0. The smallest absolute Gasteiger partial charge is 0.0956 e. The summed E-state index contributed by atoms with van der Waals surface area (Å²) in [6.07, 6.45) is 5.48. The lowest BCUT2D eigenvalue weighted by Gasteiger charge is -2.19. The van der Waals surface area contributed by atoms with Crippen molar-refractivity contribution < 1.29 is 5.11 Å². The quantitative estimate of drug-likeness (QED) is 0.823. The highest BCUT2D eigenvalue weighted by molar-refractivity contribution is 5.04. The van der Waals surface area contributed by atoms with E-state index in [1.165, 1.54) is 0 Å². The Hall–Kier alpha value is -0.830. The van der Waals surface area contributed by atoms with Gasteiger partial charge in [0.25, 0.3) is 0 Å². The number of aromatic nitrogens is 2. The van der Waals surface area contributed by atoms with Gasteiger partial charge in [-0.05, 0) is 37.2 Å². The van der Waals surface area contributed by atoms with Gasteiger partial charge in [0, 0.05) is 12.7 Å². The molecule has 1 aromatic heterocycles. The third kappa shape index (κ3) is 4.90. The van der Waals surface area contributed by atoms with Crippen LogP contribution in [0.25, 0.3) is 0 Å². The molecule has 0 amide bonds. The van der Waals surface area contributed by atoms with Gasteiger partial charge in [-0.1, -0.05) is 27.7 Å². The van der Waals surface area contributed by atoms with Crippen molar-refractivity contribution >= 4 is 0 Å². The van der Waals surface area contributed by atoms with Gasteiger partial charge >= 0.3 is 0 Å². The van der Waals surface area contributed by atoms with Crippen LogP contribution in [0.5, 0.6) is 0 Å². The van der Waals surface area contributed by atoms with Crippen LogP contribution in [0.3, 0.4) is 0 Å². The summed E-state index contributed by atoms with van der Waals surface area (Å²) < 4.78 is 1.92. The van der Waals surface area contributed by atoms with Gasteiger partial charge in [0.1, 0.15) is 0 Å². The summed E-state index contributed by atoms with van der Waals surface area (Å²) >= 11 is 0. The van der Waals surface area contributed by atoms with Crippen LogP contribution in [0.1, 0.15) is 65.2 Å². The molecule has 17 heavy (non-hydrogen) atoms. The standard InChI is InChI=1S/C14H26N2O/c1-5-11-16-12(8-10-15-16)13(17)7-6-9-14(2,3)4/h8,10,13,17H,5-7,9,11H2,1-4H3. The highest BCUT2D eigenvalue weighted by Gasteiger charge is 2.15. The molecular weight excluding hydrogens is 212 g/mol. The van der Waals surface area contributed by atoms with E-state index < -0.39 is 0 Å². The van der Waals surface area contributed by atoms with Gasteiger partial charge in [-0.2, -0.15) is 5.10 Å². The van der Waals surface area contributed by atoms with Gasteiger partial charge in [0.2, 0.25) is 0 Å². The summed E-state index contributed by atoms with van der Waals surface area (Å²) in [7, 11) is 0. The molecule has 1 N–H and O–H groups in total. The van der Waals surface area contributed by atoms with E-state index in [0.29, 0.717) is 5.41 Å². The fraction of sp³-hybridized carbons (Fsp3) is 0.786. The number of aliphatic hydroxyl groups is 1. The maximum atomic E-state index is 10.2. The largest absolute Gasteiger partial charge is 0.387 e. The second-order valence-corrected chi connectivity index (χ2v) is 5.95. The van der Waals surface area contributed by atoms with E-state index in [9.17, 15) is 5.11 Å². The molecule has 0 saturated heterocycles. The summed E-state index contributed by atoms with van der Waals surface area (Å²) in [5, 5.41) is 14.4. The summed E-state index contributed by atoms with van der Waals surface area (Å²) in [4.78, 5) is 0. The minimum absolute atomic E-state index is 0.351. The van der Waals surface area contributed by atoms with Gasteiger partial charge in [-0.15, -0.1) is 0 Å². The van der Waals surface area contributed by atoms with Crippen molar-refractivity contribution in [1.82, 2.24) is 9.78 Å². The molecule has 0 spiro atoms. The third-order valence-electron chi connectivity index (χ3n) is 2.93. The van der Waals surface area contributed by atoms with Crippen LogP contribution in [-0.2, 0) is 6.54 Å². The molecule has 0 aliphatic rings. The van der Waals surface area contributed by atoms with Crippen LogP contribution in [-0.4, -0.2) is 14.9 Å². The Balaban J connectivity index is 2.46. The zero-order valence-electron chi connectivity index (χ0n) is 11.6. The zero-order valence-corrected chi connectivity index (χ0v) is 11.6. The number of rotatable bonds is 6. The highest BCUT2D eigenvalue weighted by Crippen LogP contribution is 2.25. The van der Waals surface area contributed by atoms with Crippen molar-refractivity contribution in [2.24, 2.45) is 5.41 Å².